The van der Waals surface area contributed by atoms with Crippen molar-refractivity contribution in [3.05, 3.63) is 35.9 Å². The van der Waals surface area contributed by atoms with Crippen molar-refractivity contribution in [3.63, 3.8) is 0 Å². The van der Waals surface area contributed by atoms with Crippen molar-refractivity contribution in [2.75, 3.05) is 19.6 Å². The SMILES string of the molecule is CC(C)C[C@H](NC(=O)OC1(Cc2ccccc2)CCN(C(=O)OC(C)(C)C)CC1)C(=O)N[C@@H](C[C@@H]1CCNC1=O)C(O)S(=O)(=O)[O-]. The summed E-state index contributed by atoms with van der Waals surface area (Å²) in [6.45, 7) is 9.83. The van der Waals surface area contributed by atoms with Crippen molar-refractivity contribution in [2.24, 2.45) is 11.8 Å². The molecule has 1 unspecified atom stereocenters. The molecule has 1 aromatic carbocycles. The molecule has 2 heterocycles. The number of benzene rings is 1. The first-order valence-corrected chi connectivity index (χ1v) is 17.1. The number of amides is 4. The minimum atomic E-state index is -5.25. The van der Waals surface area contributed by atoms with Crippen LogP contribution in [0.3, 0.4) is 0 Å². The number of rotatable bonds is 12. The van der Waals surface area contributed by atoms with Gasteiger partial charge in [0.25, 0.3) is 0 Å². The van der Waals surface area contributed by atoms with Gasteiger partial charge in [0, 0.05) is 44.8 Å². The molecule has 4 amide bonds. The Morgan fingerprint density at radius 2 is 1.76 bits per heavy atom. The molecule has 0 bridgehead atoms. The number of hydrogen-bond acceptors (Lipinski definition) is 10. The number of piperidine rings is 1. The Kier molecular flexibility index (Phi) is 12.4. The fourth-order valence-electron chi connectivity index (χ4n) is 5.68. The molecule has 2 saturated heterocycles. The maximum absolute atomic E-state index is 13.5. The number of aliphatic hydroxyl groups is 1. The second-order valence-electron chi connectivity index (χ2n) is 13.5. The number of carbonyl (C=O) groups is 4. The van der Waals surface area contributed by atoms with Gasteiger partial charge in [-0.25, -0.2) is 18.0 Å². The highest BCUT2D eigenvalue weighted by molar-refractivity contribution is 7.86. The van der Waals surface area contributed by atoms with E-state index in [1.165, 1.54) is 0 Å². The molecule has 0 aliphatic carbocycles. The van der Waals surface area contributed by atoms with Crippen molar-refractivity contribution in [3.8, 4) is 0 Å². The van der Waals surface area contributed by atoms with Gasteiger partial charge < -0.3 is 40.0 Å². The molecule has 258 valence electrons. The largest absolute Gasteiger partial charge is 0.746 e. The van der Waals surface area contributed by atoms with Crippen LogP contribution < -0.4 is 16.0 Å². The van der Waals surface area contributed by atoms with Crippen LogP contribution in [0.15, 0.2) is 30.3 Å². The number of carbonyl (C=O) groups excluding carboxylic acids is 4. The molecule has 3 rings (SSSR count). The van der Waals surface area contributed by atoms with Crippen LogP contribution in [0.4, 0.5) is 9.59 Å². The molecule has 14 nitrogen and oxygen atoms in total. The van der Waals surface area contributed by atoms with Gasteiger partial charge in [0.05, 0.1) is 6.04 Å². The van der Waals surface area contributed by atoms with E-state index in [4.69, 9.17) is 9.47 Å². The van der Waals surface area contributed by atoms with Gasteiger partial charge in [-0.1, -0.05) is 44.2 Å². The fourth-order valence-corrected chi connectivity index (χ4v) is 6.27. The standard InChI is InChI=1S/C31H48N4O10S/c1-20(2)17-23(26(37)33-24(27(38)46(41,42)43)18-22-11-14-32-25(22)36)34-28(39)44-31(19-21-9-7-6-8-10-21)12-15-35(16-13-31)29(40)45-30(3,4)5/h6-10,20,22-24,27,38H,11-19H2,1-5H3,(H,32,36)(H,33,37)(H,34,39)(H,41,42,43)/p-1/t22-,23-,24-,27?/m0/s1. The summed E-state index contributed by atoms with van der Waals surface area (Å²) >= 11 is 0. The van der Waals surface area contributed by atoms with E-state index in [1.807, 2.05) is 44.2 Å². The molecule has 1 aromatic rings. The van der Waals surface area contributed by atoms with Gasteiger partial charge in [-0.15, -0.1) is 0 Å². The quantitative estimate of drug-likeness (QED) is 0.239. The number of aliphatic hydroxyl groups excluding tert-OH is 1. The van der Waals surface area contributed by atoms with Gasteiger partial charge in [-0.3, -0.25) is 9.59 Å². The first-order chi connectivity index (χ1) is 21.4. The van der Waals surface area contributed by atoms with Gasteiger partial charge in [0.15, 0.2) is 5.44 Å². The van der Waals surface area contributed by atoms with Crippen LogP contribution in [0.1, 0.15) is 72.3 Å². The highest BCUT2D eigenvalue weighted by atomic mass is 32.2. The van der Waals surface area contributed by atoms with E-state index in [0.29, 0.717) is 32.2 Å². The Morgan fingerprint density at radius 1 is 1.13 bits per heavy atom. The number of hydrogen-bond donors (Lipinski definition) is 4. The summed E-state index contributed by atoms with van der Waals surface area (Å²) in [5.74, 6) is -2.04. The Balaban J connectivity index is 1.77. The lowest BCUT2D eigenvalue weighted by Gasteiger charge is -2.41. The van der Waals surface area contributed by atoms with E-state index >= 15 is 0 Å². The van der Waals surface area contributed by atoms with Crippen LogP contribution in [0.2, 0.25) is 0 Å². The average molecular weight is 668 g/mol. The maximum atomic E-state index is 13.5. The van der Waals surface area contributed by atoms with E-state index in [2.05, 4.69) is 16.0 Å². The molecular weight excluding hydrogens is 620 g/mol. The van der Waals surface area contributed by atoms with Gasteiger partial charge >= 0.3 is 12.2 Å². The molecular formula is C31H47N4O10S-. The van der Waals surface area contributed by atoms with Crippen molar-refractivity contribution < 1.29 is 46.7 Å². The van der Waals surface area contributed by atoms with E-state index < -0.39 is 62.9 Å². The summed E-state index contributed by atoms with van der Waals surface area (Å²) in [5, 5.41) is 17.9. The monoisotopic (exact) mass is 667 g/mol. The van der Waals surface area contributed by atoms with Gasteiger partial charge in [-0.2, -0.15) is 0 Å². The average Bonchev–Trinajstić information content (AvgIpc) is 3.34. The third kappa shape index (κ3) is 11.1. The topological polar surface area (TPSA) is 203 Å². The molecule has 0 radical (unpaired) electrons. The molecule has 2 aliphatic heterocycles. The Morgan fingerprint density at radius 3 is 2.28 bits per heavy atom. The van der Waals surface area contributed by atoms with E-state index in [9.17, 15) is 37.3 Å². The Labute approximate surface area is 270 Å². The van der Waals surface area contributed by atoms with Crippen molar-refractivity contribution >= 4 is 34.1 Å². The lowest BCUT2D eigenvalue weighted by Crippen LogP contribution is -2.56. The number of nitrogens with one attached hydrogen (secondary N) is 3. The highest BCUT2D eigenvalue weighted by Crippen LogP contribution is 2.32. The Bertz CT molecular complexity index is 1320. The van der Waals surface area contributed by atoms with E-state index in [0.717, 1.165) is 5.56 Å². The van der Waals surface area contributed by atoms with Gasteiger partial charge in [-0.05, 0) is 51.5 Å². The summed E-state index contributed by atoms with van der Waals surface area (Å²) in [6, 6.07) is 6.60. The maximum Gasteiger partial charge on any atom is 0.410 e. The zero-order chi connectivity index (χ0) is 34.3. The minimum Gasteiger partial charge on any atom is -0.746 e. The van der Waals surface area contributed by atoms with Crippen LogP contribution in [-0.2, 0) is 35.6 Å². The zero-order valence-corrected chi connectivity index (χ0v) is 27.9. The van der Waals surface area contributed by atoms with E-state index in [-0.39, 0.29) is 37.8 Å². The molecule has 4 atom stereocenters. The fraction of sp³-hybridized carbons (Fsp3) is 0.677. The molecule has 0 aromatic heterocycles. The van der Waals surface area contributed by atoms with Crippen LogP contribution >= 0.6 is 0 Å². The van der Waals surface area contributed by atoms with Crippen molar-refractivity contribution in [1.29, 1.82) is 0 Å². The summed E-state index contributed by atoms with van der Waals surface area (Å²) in [5.41, 5.74) is -3.28. The third-order valence-electron chi connectivity index (χ3n) is 7.99. The molecule has 15 heteroatoms. The molecule has 2 fully saturated rings. The molecule has 2 aliphatic rings. The molecule has 46 heavy (non-hydrogen) atoms. The van der Waals surface area contributed by atoms with Gasteiger partial charge in [0.1, 0.15) is 27.4 Å². The summed E-state index contributed by atoms with van der Waals surface area (Å²) < 4.78 is 46.6. The van der Waals surface area contributed by atoms with E-state index in [1.54, 1.807) is 25.7 Å². The van der Waals surface area contributed by atoms with Crippen molar-refractivity contribution in [1.82, 2.24) is 20.9 Å². The summed E-state index contributed by atoms with van der Waals surface area (Å²) in [6.07, 6.45) is -0.237. The predicted octanol–water partition coefficient (Wildman–Crippen LogP) is 2.01. The molecule has 4 N–H and O–H groups in total. The highest BCUT2D eigenvalue weighted by Gasteiger charge is 2.42. The van der Waals surface area contributed by atoms with Crippen LogP contribution in [0.5, 0.6) is 0 Å². The van der Waals surface area contributed by atoms with Gasteiger partial charge in [0.2, 0.25) is 11.8 Å². The van der Waals surface area contributed by atoms with Crippen LogP contribution in [0.25, 0.3) is 0 Å². The minimum absolute atomic E-state index is 0.112. The smallest absolute Gasteiger partial charge is 0.410 e. The lowest BCUT2D eigenvalue weighted by atomic mass is 9.85. The molecule has 0 spiro atoms. The normalized spacial score (nSPS) is 20.3. The predicted molar refractivity (Wildman–Crippen MR) is 166 cm³/mol. The summed E-state index contributed by atoms with van der Waals surface area (Å²) in [7, 11) is -5.25. The lowest BCUT2D eigenvalue weighted by molar-refractivity contribution is -0.126. The number of likely N-dealkylation sites (tertiary alicyclic amines) is 1. The third-order valence-corrected chi connectivity index (χ3v) is 8.91. The zero-order valence-electron chi connectivity index (χ0n) is 27.1. The number of nitrogens with zero attached hydrogens (tertiary/aromatic N) is 1. The Hall–Kier alpha value is -3.43. The molecule has 0 saturated carbocycles. The van der Waals surface area contributed by atoms with Crippen LogP contribution in [-0.4, -0.2) is 95.3 Å². The number of alkyl carbamates (subject to hydrolysis) is 1. The first kappa shape index (κ1) is 37.0. The second kappa shape index (κ2) is 15.4. The second-order valence-corrected chi connectivity index (χ2v) is 15.0. The van der Waals surface area contributed by atoms with Crippen LogP contribution in [0, 0.1) is 11.8 Å². The van der Waals surface area contributed by atoms with Crippen molar-refractivity contribution in [2.45, 2.75) is 102 Å². The summed E-state index contributed by atoms with van der Waals surface area (Å²) in [4.78, 5) is 53.3. The first-order valence-electron chi connectivity index (χ1n) is 15.6. The number of ether oxygens (including phenoxy) is 2.